The van der Waals surface area contributed by atoms with Crippen molar-refractivity contribution in [3.05, 3.63) is 23.4 Å². The number of pyridine rings is 1. The fourth-order valence-corrected chi connectivity index (χ4v) is 2.54. The zero-order chi connectivity index (χ0) is 14.0. The highest BCUT2D eigenvalue weighted by Crippen LogP contribution is 2.28. The largest absolute Gasteiger partial charge is 0.377 e. The van der Waals surface area contributed by atoms with Crippen LogP contribution in [0.5, 0.6) is 0 Å². The second kappa shape index (κ2) is 5.68. The molecule has 4 heteroatoms. The van der Waals surface area contributed by atoms with Crippen LogP contribution in [0.1, 0.15) is 44.9 Å². The summed E-state index contributed by atoms with van der Waals surface area (Å²) in [6.07, 6.45) is 0. The van der Waals surface area contributed by atoms with Gasteiger partial charge in [0.1, 0.15) is 5.82 Å². The molecule has 0 amide bonds. The van der Waals surface area contributed by atoms with Gasteiger partial charge in [0.25, 0.3) is 0 Å². The minimum Gasteiger partial charge on any atom is -0.377 e. The van der Waals surface area contributed by atoms with Gasteiger partial charge in [0.2, 0.25) is 0 Å². The molecule has 0 N–H and O–H groups in total. The van der Waals surface area contributed by atoms with Crippen molar-refractivity contribution in [2.24, 2.45) is 0 Å². The SMILES string of the molecule is CC(C)c1cc(CCl)cc(N2CCOCC2(C)C)n1. The summed E-state index contributed by atoms with van der Waals surface area (Å²) in [5, 5.41) is 0. The summed E-state index contributed by atoms with van der Waals surface area (Å²) in [5.74, 6) is 1.96. The van der Waals surface area contributed by atoms with Crippen LogP contribution in [-0.2, 0) is 10.6 Å². The normalized spacial score (nSPS) is 18.9. The molecule has 2 heterocycles. The first-order chi connectivity index (χ1) is 8.94. The Morgan fingerprint density at radius 3 is 2.74 bits per heavy atom. The zero-order valence-corrected chi connectivity index (χ0v) is 13.0. The van der Waals surface area contributed by atoms with E-state index < -0.39 is 0 Å². The first kappa shape index (κ1) is 14.6. The molecule has 19 heavy (non-hydrogen) atoms. The quantitative estimate of drug-likeness (QED) is 0.793. The Morgan fingerprint density at radius 2 is 2.16 bits per heavy atom. The van der Waals surface area contributed by atoms with Gasteiger partial charge in [-0.05, 0) is 37.5 Å². The Kier molecular flexibility index (Phi) is 4.36. The van der Waals surface area contributed by atoms with Crippen molar-refractivity contribution in [3.63, 3.8) is 0 Å². The minimum atomic E-state index is -0.0234. The van der Waals surface area contributed by atoms with Gasteiger partial charge in [0, 0.05) is 18.1 Å². The average molecular weight is 283 g/mol. The van der Waals surface area contributed by atoms with Crippen molar-refractivity contribution in [2.75, 3.05) is 24.7 Å². The summed E-state index contributed by atoms with van der Waals surface area (Å²) in [6.45, 7) is 11.1. The number of nitrogens with zero attached hydrogens (tertiary/aromatic N) is 2. The summed E-state index contributed by atoms with van der Waals surface area (Å²) < 4.78 is 5.58. The first-order valence-electron chi connectivity index (χ1n) is 6.86. The van der Waals surface area contributed by atoms with Gasteiger partial charge in [-0.1, -0.05) is 13.8 Å². The monoisotopic (exact) mass is 282 g/mol. The van der Waals surface area contributed by atoms with Crippen LogP contribution < -0.4 is 4.90 Å². The molecule has 0 saturated carbocycles. The maximum atomic E-state index is 6.01. The lowest BCUT2D eigenvalue weighted by molar-refractivity contribution is 0.0639. The molecule has 0 radical (unpaired) electrons. The van der Waals surface area contributed by atoms with E-state index in [0.29, 0.717) is 11.8 Å². The van der Waals surface area contributed by atoms with Gasteiger partial charge in [-0.15, -0.1) is 11.6 Å². The highest BCUT2D eigenvalue weighted by molar-refractivity contribution is 6.17. The predicted octanol–water partition coefficient (Wildman–Crippen LogP) is 3.56. The number of rotatable bonds is 3. The zero-order valence-electron chi connectivity index (χ0n) is 12.2. The Balaban J connectivity index is 2.40. The van der Waals surface area contributed by atoms with Crippen molar-refractivity contribution < 1.29 is 4.74 Å². The molecule has 2 rings (SSSR count). The third-order valence-corrected chi connectivity index (χ3v) is 3.87. The van der Waals surface area contributed by atoms with E-state index >= 15 is 0 Å². The van der Waals surface area contributed by atoms with Crippen LogP contribution in [0.25, 0.3) is 0 Å². The van der Waals surface area contributed by atoms with E-state index in [2.05, 4.69) is 44.7 Å². The number of hydrogen-bond donors (Lipinski definition) is 0. The second-order valence-electron chi connectivity index (χ2n) is 6.06. The number of halogens is 1. The van der Waals surface area contributed by atoms with Crippen molar-refractivity contribution in [1.82, 2.24) is 4.98 Å². The van der Waals surface area contributed by atoms with E-state index in [0.717, 1.165) is 36.8 Å². The van der Waals surface area contributed by atoms with Gasteiger partial charge in [-0.3, -0.25) is 0 Å². The van der Waals surface area contributed by atoms with E-state index in [9.17, 15) is 0 Å². The molecule has 0 bridgehead atoms. The molecule has 1 fully saturated rings. The Hall–Kier alpha value is -0.800. The summed E-state index contributed by atoms with van der Waals surface area (Å²) in [5.41, 5.74) is 2.22. The summed E-state index contributed by atoms with van der Waals surface area (Å²) >= 11 is 6.01. The van der Waals surface area contributed by atoms with Crippen molar-refractivity contribution in [2.45, 2.75) is 45.0 Å². The lowest BCUT2D eigenvalue weighted by atomic mass is 10.0. The van der Waals surface area contributed by atoms with Gasteiger partial charge in [0.15, 0.2) is 0 Å². The van der Waals surface area contributed by atoms with Crippen LogP contribution in [0, 0.1) is 0 Å². The minimum absolute atomic E-state index is 0.0234. The maximum absolute atomic E-state index is 6.01. The molecule has 1 aromatic rings. The van der Waals surface area contributed by atoms with Crippen molar-refractivity contribution in [1.29, 1.82) is 0 Å². The Labute approximate surface area is 120 Å². The third-order valence-electron chi connectivity index (χ3n) is 3.56. The summed E-state index contributed by atoms with van der Waals surface area (Å²) in [4.78, 5) is 7.14. The van der Waals surface area contributed by atoms with Gasteiger partial charge in [0.05, 0.1) is 18.8 Å². The molecule has 1 saturated heterocycles. The van der Waals surface area contributed by atoms with Crippen LogP contribution in [0.15, 0.2) is 12.1 Å². The number of morpholine rings is 1. The molecule has 0 aromatic carbocycles. The second-order valence-corrected chi connectivity index (χ2v) is 6.33. The molecule has 1 aromatic heterocycles. The number of aromatic nitrogens is 1. The van der Waals surface area contributed by atoms with Crippen LogP contribution in [-0.4, -0.2) is 30.3 Å². The third kappa shape index (κ3) is 3.21. The Bertz CT molecular complexity index is 446. The fraction of sp³-hybridized carbons (Fsp3) is 0.667. The average Bonchev–Trinajstić information content (AvgIpc) is 2.37. The lowest BCUT2D eigenvalue weighted by Crippen LogP contribution is -2.53. The Morgan fingerprint density at radius 1 is 1.42 bits per heavy atom. The van der Waals surface area contributed by atoms with Gasteiger partial charge < -0.3 is 9.64 Å². The molecular weight excluding hydrogens is 260 g/mol. The standard InChI is InChI=1S/C15H23ClN2O/c1-11(2)13-7-12(9-16)8-14(17-13)18-5-6-19-10-15(18,3)4/h7-8,11H,5-6,9-10H2,1-4H3. The van der Waals surface area contributed by atoms with Crippen LogP contribution in [0.3, 0.4) is 0 Å². The molecule has 0 unspecified atom stereocenters. The van der Waals surface area contributed by atoms with E-state index in [4.69, 9.17) is 21.3 Å². The summed E-state index contributed by atoms with van der Waals surface area (Å²) in [6, 6.07) is 4.21. The highest BCUT2D eigenvalue weighted by atomic mass is 35.5. The molecular formula is C15H23ClN2O. The highest BCUT2D eigenvalue weighted by Gasteiger charge is 2.31. The molecule has 106 valence electrons. The lowest BCUT2D eigenvalue weighted by Gasteiger charge is -2.43. The van der Waals surface area contributed by atoms with E-state index in [-0.39, 0.29) is 5.54 Å². The topological polar surface area (TPSA) is 25.4 Å². The molecule has 0 aliphatic carbocycles. The van der Waals surface area contributed by atoms with Crippen LogP contribution in [0.4, 0.5) is 5.82 Å². The molecule has 0 spiro atoms. The molecule has 0 atom stereocenters. The number of ether oxygens (including phenoxy) is 1. The van der Waals surface area contributed by atoms with Gasteiger partial charge in [-0.2, -0.15) is 0 Å². The molecule has 1 aliphatic rings. The first-order valence-corrected chi connectivity index (χ1v) is 7.39. The number of hydrogen-bond acceptors (Lipinski definition) is 3. The van der Waals surface area contributed by atoms with Crippen molar-refractivity contribution >= 4 is 17.4 Å². The summed E-state index contributed by atoms with van der Waals surface area (Å²) in [7, 11) is 0. The number of anilines is 1. The maximum Gasteiger partial charge on any atom is 0.129 e. The molecule has 3 nitrogen and oxygen atoms in total. The fourth-order valence-electron chi connectivity index (χ4n) is 2.39. The molecule has 1 aliphatic heterocycles. The van der Waals surface area contributed by atoms with E-state index in [1.54, 1.807) is 0 Å². The van der Waals surface area contributed by atoms with Gasteiger partial charge >= 0.3 is 0 Å². The number of alkyl halides is 1. The smallest absolute Gasteiger partial charge is 0.129 e. The predicted molar refractivity (Wildman–Crippen MR) is 80.1 cm³/mol. The van der Waals surface area contributed by atoms with E-state index in [1.165, 1.54) is 0 Å². The van der Waals surface area contributed by atoms with E-state index in [1.807, 2.05) is 0 Å². The van der Waals surface area contributed by atoms with Crippen molar-refractivity contribution in [3.8, 4) is 0 Å². The van der Waals surface area contributed by atoms with Crippen LogP contribution in [0.2, 0.25) is 0 Å². The van der Waals surface area contributed by atoms with Crippen LogP contribution >= 0.6 is 11.6 Å². The van der Waals surface area contributed by atoms with Gasteiger partial charge in [-0.25, -0.2) is 4.98 Å².